The Hall–Kier alpha value is -0.730. The molecule has 0 aromatic heterocycles. The van der Waals surface area contributed by atoms with Gasteiger partial charge in [0, 0.05) is 6.92 Å². The van der Waals surface area contributed by atoms with Crippen molar-refractivity contribution >= 4 is 23.3 Å². The Morgan fingerprint density at radius 2 is 2.11 bits per heavy atom. The molecule has 0 saturated carbocycles. The number of carbonyl (C=O) groups is 1. The highest BCUT2D eigenvalue weighted by molar-refractivity contribution is 7.78. The lowest BCUT2D eigenvalue weighted by Crippen LogP contribution is -1.88. The summed E-state index contributed by atoms with van der Waals surface area (Å²) in [6.45, 7) is 5.23. The number of nitrogens with zero attached hydrogens (tertiary/aromatic N) is 1. The first kappa shape index (κ1) is 11.1. The summed E-state index contributed by atoms with van der Waals surface area (Å²) in [5.41, 5.74) is 0. The molecule has 0 aliphatic heterocycles. The third-order valence-electron chi connectivity index (χ3n) is 0.211. The van der Waals surface area contributed by atoms with E-state index in [0.29, 0.717) is 0 Å². The van der Waals surface area contributed by atoms with Gasteiger partial charge in [-0.05, 0) is 17.4 Å². The molecule has 0 saturated heterocycles. The summed E-state index contributed by atoms with van der Waals surface area (Å²) in [6.07, 6.45) is 0. The minimum atomic E-state index is -0.489. The van der Waals surface area contributed by atoms with Crippen LogP contribution in [0.2, 0.25) is 0 Å². The molecule has 0 aromatic carbocycles. The van der Waals surface area contributed by atoms with E-state index in [1.54, 1.807) is 0 Å². The van der Waals surface area contributed by atoms with Gasteiger partial charge in [0.15, 0.2) is 0 Å². The zero-order valence-corrected chi connectivity index (χ0v) is 6.49. The van der Waals surface area contributed by atoms with Crippen LogP contribution in [0.1, 0.15) is 20.8 Å². The van der Waals surface area contributed by atoms with Gasteiger partial charge in [-0.3, -0.25) is 0 Å². The smallest absolute Gasteiger partial charge is 0.309 e. The van der Waals surface area contributed by atoms with Crippen LogP contribution in [0.5, 0.6) is 0 Å². The van der Waals surface area contributed by atoms with Gasteiger partial charge in [-0.2, -0.15) is 0 Å². The minimum Gasteiger partial charge on any atom is -0.309 e. The van der Waals surface area contributed by atoms with E-state index in [1.807, 2.05) is 19.0 Å². The molecule has 0 fully saturated rings. The molecule has 3 nitrogen and oxygen atoms in total. The fraction of sp³-hybridized carbons (Fsp3) is 0.600. The summed E-state index contributed by atoms with van der Waals surface area (Å²) in [4.78, 5) is 13.8. The van der Waals surface area contributed by atoms with Gasteiger partial charge in [0.2, 0.25) is 0 Å². The Bertz CT molecular complexity index is 118. The van der Waals surface area contributed by atoms with Crippen LogP contribution < -0.4 is 0 Å². The first-order valence-corrected chi connectivity index (χ1v) is 2.93. The number of hydrogen-bond acceptors (Lipinski definition) is 4. The van der Waals surface area contributed by atoms with Gasteiger partial charge in [-0.1, -0.05) is 13.8 Å². The van der Waals surface area contributed by atoms with Crippen LogP contribution in [-0.2, 0) is 9.63 Å². The molecule has 0 aliphatic carbocycles. The van der Waals surface area contributed by atoms with Crippen LogP contribution in [0.15, 0.2) is 5.16 Å². The van der Waals surface area contributed by atoms with Crippen molar-refractivity contribution in [1.29, 1.82) is 0 Å². The van der Waals surface area contributed by atoms with Crippen molar-refractivity contribution in [2.75, 3.05) is 0 Å². The molecule has 0 heterocycles. The number of thiocarbonyl (C=S) groups is 1. The summed E-state index contributed by atoms with van der Waals surface area (Å²) in [5, 5.41) is 4.75. The molecular formula is C5H9NO2S. The summed E-state index contributed by atoms with van der Waals surface area (Å²) in [7, 11) is 0. The van der Waals surface area contributed by atoms with E-state index in [9.17, 15) is 4.79 Å². The maximum absolute atomic E-state index is 9.80. The quantitative estimate of drug-likeness (QED) is 0.245. The Morgan fingerprint density at radius 1 is 1.67 bits per heavy atom. The predicted octanol–water partition coefficient (Wildman–Crippen LogP) is 1.59. The van der Waals surface area contributed by atoms with E-state index < -0.39 is 5.97 Å². The van der Waals surface area contributed by atoms with Crippen LogP contribution in [0.3, 0.4) is 0 Å². The zero-order chi connectivity index (χ0) is 7.70. The fourth-order valence-corrected chi connectivity index (χ4v) is 0.120. The van der Waals surface area contributed by atoms with Gasteiger partial charge < -0.3 is 4.84 Å². The monoisotopic (exact) mass is 147 g/mol. The zero-order valence-electron chi connectivity index (χ0n) is 5.67. The standard InChI is InChI=1S/C3H3NO2S.C2H6/c1-3(5)6-4-2-7;1-2/h1H3;1-2H3. The molecule has 0 bridgehead atoms. The van der Waals surface area contributed by atoms with Crippen molar-refractivity contribution in [3.8, 4) is 0 Å². The largest absolute Gasteiger partial charge is 0.332 e. The first-order chi connectivity index (χ1) is 4.27. The van der Waals surface area contributed by atoms with Gasteiger partial charge in [0.25, 0.3) is 0 Å². The first-order valence-electron chi connectivity index (χ1n) is 2.52. The Balaban J connectivity index is 0. The van der Waals surface area contributed by atoms with E-state index in [0.717, 1.165) is 0 Å². The summed E-state index contributed by atoms with van der Waals surface area (Å²) >= 11 is 4.08. The van der Waals surface area contributed by atoms with Crippen LogP contribution >= 0.6 is 12.2 Å². The summed E-state index contributed by atoms with van der Waals surface area (Å²) < 4.78 is 0. The van der Waals surface area contributed by atoms with Gasteiger partial charge in [-0.25, -0.2) is 4.79 Å². The van der Waals surface area contributed by atoms with E-state index in [4.69, 9.17) is 0 Å². The molecule has 0 aromatic rings. The lowest BCUT2D eigenvalue weighted by atomic mass is 10.8. The third-order valence-corrected chi connectivity index (χ3v) is 0.286. The molecular weight excluding hydrogens is 138 g/mol. The molecule has 0 atom stereocenters. The maximum Gasteiger partial charge on any atom is 0.332 e. The van der Waals surface area contributed by atoms with Crippen molar-refractivity contribution in [2.45, 2.75) is 20.8 Å². The van der Waals surface area contributed by atoms with E-state index in [1.165, 1.54) is 6.92 Å². The van der Waals surface area contributed by atoms with Crippen molar-refractivity contribution in [3.63, 3.8) is 0 Å². The molecule has 52 valence electrons. The van der Waals surface area contributed by atoms with E-state index in [-0.39, 0.29) is 0 Å². The lowest BCUT2D eigenvalue weighted by molar-refractivity contribution is -0.140. The predicted molar refractivity (Wildman–Crippen MR) is 38.1 cm³/mol. The van der Waals surface area contributed by atoms with Crippen molar-refractivity contribution in [3.05, 3.63) is 0 Å². The van der Waals surface area contributed by atoms with Crippen LogP contribution in [0.25, 0.3) is 0 Å². The van der Waals surface area contributed by atoms with Crippen molar-refractivity contribution in [2.24, 2.45) is 5.16 Å². The Labute approximate surface area is 59.7 Å². The Morgan fingerprint density at radius 3 is 2.22 bits per heavy atom. The fourth-order valence-electron chi connectivity index (χ4n) is 0.0829. The summed E-state index contributed by atoms with van der Waals surface area (Å²) in [6, 6.07) is 0. The molecule has 0 unspecified atom stereocenters. The van der Waals surface area contributed by atoms with Gasteiger partial charge in [0.05, 0.1) is 0 Å². The van der Waals surface area contributed by atoms with Gasteiger partial charge >= 0.3 is 5.97 Å². The lowest BCUT2D eigenvalue weighted by Gasteiger charge is -1.79. The van der Waals surface area contributed by atoms with Gasteiger partial charge in [-0.15, -0.1) is 0 Å². The average molecular weight is 147 g/mol. The second-order valence-corrected chi connectivity index (χ2v) is 0.948. The molecule has 0 N–H and O–H groups in total. The highest BCUT2D eigenvalue weighted by Gasteiger charge is 1.82. The Kier molecular flexibility index (Phi) is 12.7. The van der Waals surface area contributed by atoms with E-state index >= 15 is 0 Å². The SMILES string of the molecule is CC.CC(=O)ON=C=S. The van der Waals surface area contributed by atoms with Crippen molar-refractivity contribution < 1.29 is 9.63 Å². The number of rotatable bonds is 1. The minimum absolute atomic E-state index is 0.489. The molecule has 4 heteroatoms. The summed E-state index contributed by atoms with van der Waals surface area (Å²) in [5.74, 6) is -0.489. The van der Waals surface area contributed by atoms with E-state index in [2.05, 4.69) is 22.2 Å². The molecule has 0 radical (unpaired) electrons. The molecule has 0 spiro atoms. The maximum atomic E-state index is 9.80. The second kappa shape index (κ2) is 10.3. The number of carbonyl (C=O) groups excluding carboxylic acids is 1. The topological polar surface area (TPSA) is 38.7 Å². The van der Waals surface area contributed by atoms with Crippen LogP contribution in [-0.4, -0.2) is 11.1 Å². The highest BCUT2D eigenvalue weighted by atomic mass is 32.1. The van der Waals surface area contributed by atoms with Crippen LogP contribution in [0.4, 0.5) is 0 Å². The average Bonchev–Trinajstić information content (AvgIpc) is 1.88. The van der Waals surface area contributed by atoms with Crippen LogP contribution in [0, 0.1) is 0 Å². The normalized spacial score (nSPS) is 5.67. The third kappa shape index (κ3) is 18.9. The number of hydrogen-bond donors (Lipinski definition) is 0. The second-order valence-electron chi connectivity index (χ2n) is 0.765. The molecule has 9 heavy (non-hydrogen) atoms. The van der Waals surface area contributed by atoms with Gasteiger partial charge in [0.1, 0.15) is 5.16 Å². The molecule has 0 amide bonds. The number of isothiocyanates is 1. The highest BCUT2D eigenvalue weighted by Crippen LogP contribution is 1.71. The molecule has 0 rings (SSSR count). The van der Waals surface area contributed by atoms with Crippen molar-refractivity contribution in [1.82, 2.24) is 0 Å². The molecule has 0 aliphatic rings.